The third-order valence-corrected chi connectivity index (χ3v) is 1.70. The van der Waals surface area contributed by atoms with E-state index in [1.165, 1.54) is 6.07 Å². The molecule has 0 atom stereocenters. The predicted molar refractivity (Wildman–Crippen MR) is 50.5 cm³/mol. The van der Waals surface area contributed by atoms with E-state index < -0.39 is 11.3 Å². The Balaban J connectivity index is 3.08. The van der Waals surface area contributed by atoms with Gasteiger partial charge in [0.2, 0.25) is 5.17 Å². The molecule has 0 bridgehead atoms. The molecular weight excluding hydrogens is 231 g/mol. The van der Waals surface area contributed by atoms with E-state index in [0.29, 0.717) is 11.5 Å². The third-order valence-electron chi connectivity index (χ3n) is 1.40. The number of aromatic nitrogens is 2. The van der Waals surface area contributed by atoms with Gasteiger partial charge in [0.1, 0.15) is 5.82 Å². The molecule has 0 unspecified atom stereocenters. The van der Waals surface area contributed by atoms with Crippen LogP contribution in [0.25, 0.3) is 0 Å². The lowest BCUT2D eigenvalue weighted by Crippen LogP contribution is -2.16. The van der Waals surface area contributed by atoms with Gasteiger partial charge in [0.05, 0.1) is 0 Å². The quantitative estimate of drug-likeness (QED) is 0.705. The highest BCUT2D eigenvalue weighted by atomic mass is 35.5. The van der Waals surface area contributed by atoms with E-state index in [1.807, 2.05) is 0 Å². The molecular formula is C8H7ClF3N3. The number of hydrogen-bond acceptors (Lipinski definition) is 3. The number of aryl methyl sites for hydroxylation is 2. The van der Waals surface area contributed by atoms with Crippen molar-refractivity contribution in [3.8, 4) is 0 Å². The van der Waals surface area contributed by atoms with Crippen molar-refractivity contribution in [2.45, 2.75) is 20.0 Å². The van der Waals surface area contributed by atoms with Crippen LogP contribution in [-0.2, 0) is 0 Å². The number of halogens is 4. The Morgan fingerprint density at radius 1 is 1.33 bits per heavy atom. The van der Waals surface area contributed by atoms with Crippen LogP contribution >= 0.6 is 11.6 Å². The summed E-state index contributed by atoms with van der Waals surface area (Å²) >= 11 is 4.96. The molecule has 0 amide bonds. The van der Waals surface area contributed by atoms with Gasteiger partial charge >= 0.3 is 6.18 Å². The normalized spacial score (nSPS) is 13.1. The molecule has 3 nitrogen and oxygen atoms in total. The van der Waals surface area contributed by atoms with E-state index in [-0.39, 0.29) is 5.82 Å². The van der Waals surface area contributed by atoms with Crippen molar-refractivity contribution >= 4 is 22.6 Å². The molecule has 1 heterocycles. The highest BCUT2D eigenvalue weighted by molar-refractivity contribution is 6.67. The van der Waals surface area contributed by atoms with Gasteiger partial charge < -0.3 is 0 Å². The molecule has 82 valence electrons. The minimum atomic E-state index is -4.64. The van der Waals surface area contributed by atoms with Crippen LogP contribution in [-0.4, -0.2) is 21.3 Å². The summed E-state index contributed by atoms with van der Waals surface area (Å²) in [4.78, 5) is 10.8. The molecule has 0 aliphatic heterocycles. The fourth-order valence-electron chi connectivity index (χ4n) is 0.919. The summed E-state index contributed by atoms with van der Waals surface area (Å²) in [6, 6.07) is 1.32. The number of hydrogen-bond donors (Lipinski definition) is 0. The molecule has 7 heteroatoms. The standard InChI is InChI=1S/C8H7ClF3N3/c1-4-3-6(14-5(2)13-4)15-7(9)8(10,11)12/h3H,1-2H3. The van der Waals surface area contributed by atoms with E-state index in [2.05, 4.69) is 15.0 Å². The molecule has 0 fully saturated rings. The average molecular weight is 238 g/mol. The second-order valence-corrected chi connectivity index (χ2v) is 3.17. The summed E-state index contributed by atoms with van der Waals surface area (Å²) in [7, 11) is 0. The lowest BCUT2D eigenvalue weighted by Gasteiger charge is -2.03. The van der Waals surface area contributed by atoms with Crippen molar-refractivity contribution in [1.82, 2.24) is 9.97 Å². The fraction of sp³-hybridized carbons (Fsp3) is 0.375. The first kappa shape index (κ1) is 11.9. The zero-order valence-electron chi connectivity index (χ0n) is 7.93. The summed E-state index contributed by atoms with van der Waals surface area (Å²) in [5.41, 5.74) is 0.535. The Bertz CT molecular complexity index is 380. The van der Waals surface area contributed by atoms with Crippen LogP contribution in [0.5, 0.6) is 0 Å². The van der Waals surface area contributed by atoms with Crippen molar-refractivity contribution in [3.05, 3.63) is 17.6 Å². The summed E-state index contributed by atoms with van der Waals surface area (Å²) in [6.45, 7) is 3.20. The van der Waals surface area contributed by atoms with Crippen molar-refractivity contribution in [2.24, 2.45) is 4.99 Å². The Hall–Kier alpha value is -1.17. The van der Waals surface area contributed by atoms with Gasteiger partial charge in [-0.15, -0.1) is 0 Å². The number of nitrogens with zero attached hydrogens (tertiary/aromatic N) is 3. The number of aliphatic imine (C=N–C) groups is 1. The van der Waals surface area contributed by atoms with Gasteiger partial charge in [0, 0.05) is 11.8 Å². The number of alkyl halides is 3. The second-order valence-electron chi connectivity index (χ2n) is 2.82. The molecule has 0 N–H and O–H groups in total. The first-order valence-electron chi connectivity index (χ1n) is 3.92. The maximum absolute atomic E-state index is 12.0. The van der Waals surface area contributed by atoms with E-state index in [1.54, 1.807) is 13.8 Å². The van der Waals surface area contributed by atoms with Crippen LogP contribution in [0.3, 0.4) is 0 Å². The van der Waals surface area contributed by atoms with Gasteiger partial charge in [-0.2, -0.15) is 13.2 Å². The van der Waals surface area contributed by atoms with E-state index in [9.17, 15) is 13.2 Å². The van der Waals surface area contributed by atoms with Crippen LogP contribution < -0.4 is 0 Å². The molecule has 1 rings (SSSR count). The smallest absolute Gasteiger partial charge is 0.238 e. The van der Waals surface area contributed by atoms with Crippen molar-refractivity contribution < 1.29 is 13.2 Å². The molecule has 15 heavy (non-hydrogen) atoms. The first-order chi connectivity index (χ1) is 6.79. The molecule has 1 aromatic heterocycles. The number of rotatable bonds is 1. The fourth-order valence-corrected chi connectivity index (χ4v) is 1.01. The van der Waals surface area contributed by atoms with Gasteiger partial charge in [-0.1, -0.05) is 11.6 Å². The van der Waals surface area contributed by atoms with Crippen LogP contribution in [0, 0.1) is 13.8 Å². The minimum absolute atomic E-state index is 0.0951. The Morgan fingerprint density at radius 3 is 2.40 bits per heavy atom. The highest BCUT2D eigenvalue weighted by Crippen LogP contribution is 2.22. The zero-order valence-corrected chi connectivity index (χ0v) is 8.69. The van der Waals surface area contributed by atoms with Crippen molar-refractivity contribution in [2.75, 3.05) is 0 Å². The largest absolute Gasteiger partial charge is 0.444 e. The second kappa shape index (κ2) is 4.14. The third kappa shape index (κ3) is 3.47. The summed E-state index contributed by atoms with van der Waals surface area (Å²) in [5, 5.41) is -1.44. The topological polar surface area (TPSA) is 38.1 Å². The highest BCUT2D eigenvalue weighted by Gasteiger charge is 2.34. The Morgan fingerprint density at radius 2 is 1.93 bits per heavy atom. The molecule has 0 spiro atoms. The molecule has 0 saturated heterocycles. The maximum atomic E-state index is 12.0. The van der Waals surface area contributed by atoms with Gasteiger partial charge in [0.15, 0.2) is 5.82 Å². The molecule has 0 aromatic carbocycles. The molecule has 0 aliphatic carbocycles. The lowest BCUT2D eigenvalue weighted by atomic mass is 10.4. The summed E-state index contributed by atoms with van der Waals surface area (Å²) in [6.07, 6.45) is -4.64. The molecule has 1 aromatic rings. The van der Waals surface area contributed by atoms with Crippen LogP contribution in [0.4, 0.5) is 19.0 Å². The SMILES string of the molecule is Cc1cc(N=C(Cl)C(F)(F)F)nc(C)n1. The van der Waals surface area contributed by atoms with Gasteiger partial charge in [0.25, 0.3) is 0 Å². The lowest BCUT2D eigenvalue weighted by molar-refractivity contribution is -0.0558. The van der Waals surface area contributed by atoms with Gasteiger partial charge in [-0.3, -0.25) is 0 Å². The Kier molecular flexibility index (Phi) is 3.28. The zero-order chi connectivity index (χ0) is 11.6. The molecule has 0 radical (unpaired) electrons. The summed E-state index contributed by atoms with van der Waals surface area (Å²) < 4.78 is 36.1. The Labute approximate surface area is 89.0 Å². The predicted octanol–water partition coefficient (Wildman–Crippen LogP) is 2.92. The maximum Gasteiger partial charge on any atom is 0.444 e. The van der Waals surface area contributed by atoms with Crippen LogP contribution in [0.15, 0.2) is 11.1 Å². The first-order valence-corrected chi connectivity index (χ1v) is 4.30. The van der Waals surface area contributed by atoms with Gasteiger partial charge in [-0.25, -0.2) is 15.0 Å². The van der Waals surface area contributed by atoms with E-state index in [4.69, 9.17) is 11.6 Å². The monoisotopic (exact) mass is 237 g/mol. The minimum Gasteiger partial charge on any atom is -0.238 e. The van der Waals surface area contributed by atoms with Gasteiger partial charge in [-0.05, 0) is 13.8 Å². The summed E-state index contributed by atoms with van der Waals surface area (Å²) in [5.74, 6) is 0.253. The van der Waals surface area contributed by atoms with E-state index in [0.717, 1.165) is 0 Å². The molecule has 0 saturated carbocycles. The van der Waals surface area contributed by atoms with E-state index >= 15 is 0 Å². The van der Waals surface area contributed by atoms with Crippen molar-refractivity contribution in [1.29, 1.82) is 0 Å². The average Bonchev–Trinajstić information content (AvgIpc) is 1.99. The van der Waals surface area contributed by atoms with Crippen molar-refractivity contribution in [3.63, 3.8) is 0 Å². The molecule has 0 aliphatic rings. The van der Waals surface area contributed by atoms with Crippen LogP contribution in [0.2, 0.25) is 0 Å². The van der Waals surface area contributed by atoms with Crippen LogP contribution in [0.1, 0.15) is 11.5 Å².